The minimum absolute atomic E-state index is 0.356. The van der Waals surface area contributed by atoms with Crippen LogP contribution in [-0.2, 0) is 4.74 Å². The van der Waals surface area contributed by atoms with Gasteiger partial charge in [-0.05, 0) is 26.7 Å². The molecule has 72 valence electrons. The van der Waals surface area contributed by atoms with E-state index in [1.807, 2.05) is 0 Å². The maximum absolute atomic E-state index is 13.8. The Morgan fingerprint density at radius 2 is 1.92 bits per heavy atom. The van der Waals surface area contributed by atoms with Crippen molar-refractivity contribution in [2.24, 2.45) is 11.1 Å². The fourth-order valence-corrected chi connectivity index (χ4v) is 1.80. The SMILES string of the molecule is CC(C)(F)C1(CN)CCOCC1. The summed E-state index contributed by atoms with van der Waals surface area (Å²) < 4.78 is 19.0. The second-order valence-corrected chi connectivity index (χ2v) is 4.07. The van der Waals surface area contributed by atoms with E-state index < -0.39 is 5.67 Å². The Hall–Kier alpha value is -0.150. The Morgan fingerprint density at radius 1 is 1.42 bits per heavy atom. The molecule has 0 amide bonds. The van der Waals surface area contributed by atoms with Crippen molar-refractivity contribution in [3.8, 4) is 0 Å². The standard InChI is InChI=1S/C9H18FNO/c1-8(2,10)9(7-11)3-5-12-6-4-9/h3-7,11H2,1-2H3. The topological polar surface area (TPSA) is 35.2 Å². The summed E-state index contributed by atoms with van der Waals surface area (Å²) in [6.07, 6.45) is 1.49. The maximum Gasteiger partial charge on any atom is 0.112 e. The van der Waals surface area contributed by atoms with Gasteiger partial charge in [0, 0.05) is 25.2 Å². The van der Waals surface area contributed by atoms with Crippen LogP contribution < -0.4 is 5.73 Å². The zero-order chi connectivity index (χ0) is 9.24. The van der Waals surface area contributed by atoms with Crippen molar-refractivity contribution in [2.75, 3.05) is 19.8 Å². The molecule has 1 aliphatic rings. The van der Waals surface area contributed by atoms with Gasteiger partial charge < -0.3 is 10.5 Å². The molecule has 0 aromatic heterocycles. The summed E-state index contributed by atoms with van der Waals surface area (Å²) >= 11 is 0. The van der Waals surface area contributed by atoms with Crippen LogP contribution in [0.25, 0.3) is 0 Å². The lowest BCUT2D eigenvalue weighted by Gasteiger charge is -2.43. The Balaban J connectivity index is 2.73. The average molecular weight is 175 g/mol. The third kappa shape index (κ3) is 1.62. The lowest BCUT2D eigenvalue weighted by Crippen LogP contribution is -2.49. The fraction of sp³-hybridized carbons (Fsp3) is 1.00. The van der Waals surface area contributed by atoms with Crippen molar-refractivity contribution in [3.63, 3.8) is 0 Å². The van der Waals surface area contributed by atoms with Gasteiger partial charge in [0.05, 0.1) is 0 Å². The Labute approximate surface area is 73.3 Å². The van der Waals surface area contributed by atoms with Crippen LogP contribution in [0.2, 0.25) is 0 Å². The molecule has 2 nitrogen and oxygen atoms in total. The Kier molecular flexibility index (Phi) is 2.74. The molecule has 12 heavy (non-hydrogen) atoms. The van der Waals surface area contributed by atoms with Crippen LogP contribution in [-0.4, -0.2) is 25.4 Å². The molecule has 0 spiro atoms. The first-order valence-electron chi connectivity index (χ1n) is 4.49. The zero-order valence-corrected chi connectivity index (χ0v) is 7.90. The number of halogens is 1. The lowest BCUT2D eigenvalue weighted by atomic mass is 9.69. The van der Waals surface area contributed by atoms with Crippen molar-refractivity contribution >= 4 is 0 Å². The molecule has 0 bridgehead atoms. The van der Waals surface area contributed by atoms with Gasteiger partial charge in [0.15, 0.2) is 0 Å². The predicted molar refractivity (Wildman–Crippen MR) is 46.7 cm³/mol. The van der Waals surface area contributed by atoms with Gasteiger partial charge in [0.2, 0.25) is 0 Å². The van der Waals surface area contributed by atoms with Crippen molar-refractivity contribution in [3.05, 3.63) is 0 Å². The molecule has 0 aromatic carbocycles. The Morgan fingerprint density at radius 3 is 2.17 bits per heavy atom. The van der Waals surface area contributed by atoms with E-state index in [-0.39, 0.29) is 5.41 Å². The molecule has 1 saturated heterocycles. The predicted octanol–water partition coefficient (Wildman–Crippen LogP) is 1.49. The summed E-state index contributed by atoms with van der Waals surface area (Å²) in [5.41, 5.74) is 4.08. The monoisotopic (exact) mass is 175 g/mol. The van der Waals surface area contributed by atoms with E-state index in [1.54, 1.807) is 13.8 Å². The minimum atomic E-state index is -1.19. The largest absolute Gasteiger partial charge is 0.381 e. The lowest BCUT2D eigenvalue weighted by molar-refractivity contribution is -0.0634. The average Bonchev–Trinajstić information content (AvgIpc) is 2.04. The van der Waals surface area contributed by atoms with Crippen molar-refractivity contribution in [2.45, 2.75) is 32.4 Å². The summed E-state index contributed by atoms with van der Waals surface area (Å²) in [5, 5.41) is 0. The third-order valence-electron chi connectivity index (χ3n) is 3.10. The number of nitrogens with two attached hydrogens (primary N) is 1. The van der Waals surface area contributed by atoms with Crippen molar-refractivity contribution in [1.29, 1.82) is 0 Å². The number of hydrogen-bond donors (Lipinski definition) is 1. The minimum Gasteiger partial charge on any atom is -0.381 e. The summed E-state index contributed by atoms with van der Waals surface area (Å²) in [6.45, 7) is 4.94. The number of alkyl halides is 1. The molecule has 0 radical (unpaired) electrons. The van der Waals surface area contributed by atoms with Gasteiger partial charge in [-0.1, -0.05) is 0 Å². The van der Waals surface area contributed by atoms with E-state index in [9.17, 15) is 4.39 Å². The normalized spacial score (nSPS) is 24.0. The second-order valence-electron chi connectivity index (χ2n) is 4.07. The zero-order valence-electron chi connectivity index (χ0n) is 7.90. The smallest absolute Gasteiger partial charge is 0.112 e. The quantitative estimate of drug-likeness (QED) is 0.690. The van der Waals surface area contributed by atoms with E-state index in [0.717, 1.165) is 12.8 Å². The van der Waals surface area contributed by atoms with E-state index in [4.69, 9.17) is 10.5 Å². The first-order valence-corrected chi connectivity index (χ1v) is 4.49. The molecule has 0 unspecified atom stereocenters. The first kappa shape index (κ1) is 9.93. The van der Waals surface area contributed by atoms with E-state index in [0.29, 0.717) is 19.8 Å². The van der Waals surface area contributed by atoms with Crippen LogP contribution in [0.5, 0.6) is 0 Å². The second kappa shape index (κ2) is 3.30. The molecule has 1 aliphatic heterocycles. The number of rotatable bonds is 2. The first-order chi connectivity index (χ1) is 5.52. The van der Waals surface area contributed by atoms with Crippen LogP contribution in [0.3, 0.4) is 0 Å². The van der Waals surface area contributed by atoms with E-state index in [2.05, 4.69) is 0 Å². The molecule has 1 fully saturated rings. The fourth-order valence-electron chi connectivity index (χ4n) is 1.80. The van der Waals surface area contributed by atoms with Gasteiger partial charge in [-0.2, -0.15) is 0 Å². The van der Waals surface area contributed by atoms with Crippen LogP contribution in [0.15, 0.2) is 0 Å². The summed E-state index contributed by atoms with van der Waals surface area (Å²) in [4.78, 5) is 0. The van der Waals surface area contributed by atoms with Gasteiger partial charge in [-0.3, -0.25) is 0 Å². The van der Waals surface area contributed by atoms with Gasteiger partial charge in [-0.15, -0.1) is 0 Å². The molecular weight excluding hydrogens is 157 g/mol. The highest BCUT2D eigenvalue weighted by Crippen LogP contribution is 2.42. The highest BCUT2D eigenvalue weighted by molar-refractivity contribution is 4.95. The van der Waals surface area contributed by atoms with Gasteiger partial charge >= 0.3 is 0 Å². The third-order valence-corrected chi connectivity index (χ3v) is 3.10. The highest BCUT2D eigenvalue weighted by Gasteiger charge is 2.45. The highest BCUT2D eigenvalue weighted by atomic mass is 19.1. The van der Waals surface area contributed by atoms with Crippen LogP contribution >= 0.6 is 0 Å². The molecule has 1 heterocycles. The molecule has 0 saturated carbocycles. The van der Waals surface area contributed by atoms with Crippen LogP contribution in [0.4, 0.5) is 4.39 Å². The summed E-state index contributed by atoms with van der Waals surface area (Å²) in [6, 6.07) is 0. The van der Waals surface area contributed by atoms with Crippen LogP contribution in [0, 0.1) is 5.41 Å². The molecule has 0 aromatic rings. The molecule has 3 heteroatoms. The summed E-state index contributed by atoms with van der Waals surface area (Å²) in [5.74, 6) is 0. The van der Waals surface area contributed by atoms with Crippen molar-refractivity contribution < 1.29 is 9.13 Å². The van der Waals surface area contributed by atoms with Gasteiger partial charge in [-0.25, -0.2) is 4.39 Å². The summed E-state index contributed by atoms with van der Waals surface area (Å²) in [7, 11) is 0. The number of hydrogen-bond acceptors (Lipinski definition) is 2. The molecule has 0 atom stereocenters. The van der Waals surface area contributed by atoms with E-state index >= 15 is 0 Å². The van der Waals surface area contributed by atoms with Gasteiger partial charge in [0.25, 0.3) is 0 Å². The van der Waals surface area contributed by atoms with E-state index in [1.165, 1.54) is 0 Å². The molecule has 1 rings (SSSR count). The maximum atomic E-state index is 13.8. The van der Waals surface area contributed by atoms with Crippen molar-refractivity contribution in [1.82, 2.24) is 0 Å². The number of ether oxygens (including phenoxy) is 1. The molecule has 2 N–H and O–H groups in total. The molecular formula is C9H18FNO. The van der Waals surface area contributed by atoms with Crippen LogP contribution in [0.1, 0.15) is 26.7 Å². The molecule has 0 aliphatic carbocycles. The Bertz CT molecular complexity index is 147. The van der Waals surface area contributed by atoms with Gasteiger partial charge in [0.1, 0.15) is 5.67 Å².